The number of benzene rings is 1. The van der Waals surface area contributed by atoms with Crippen LogP contribution in [-0.2, 0) is 0 Å². The largest absolute Gasteiger partial charge is 0.276 e. The van der Waals surface area contributed by atoms with Crippen LogP contribution >= 0.6 is 11.6 Å². The van der Waals surface area contributed by atoms with Gasteiger partial charge in [0, 0.05) is 17.8 Å². The summed E-state index contributed by atoms with van der Waals surface area (Å²) in [5.74, 6) is 0. The molecule has 1 aromatic carbocycles. The Morgan fingerprint density at radius 1 is 1.33 bits per heavy atom. The molecule has 0 aliphatic rings. The van der Waals surface area contributed by atoms with E-state index >= 15 is 0 Å². The first-order valence-corrected chi connectivity index (χ1v) is 4.85. The summed E-state index contributed by atoms with van der Waals surface area (Å²) in [6.07, 6.45) is 5.37. The fourth-order valence-electron chi connectivity index (χ4n) is 1.60. The maximum absolute atomic E-state index is 6.03. The molecule has 3 rings (SSSR count). The summed E-state index contributed by atoms with van der Waals surface area (Å²) in [6, 6.07) is 5.63. The second-order valence-corrected chi connectivity index (χ2v) is 3.58. The van der Waals surface area contributed by atoms with Crippen molar-refractivity contribution in [2.24, 2.45) is 0 Å². The van der Waals surface area contributed by atoms with Crippen LogP contribution in [0.1, 0.15) is 0 Å². The zero-order chi connectivity index (χ0) is 10.3. The molecule has 0 aliphatic heterocycles. The lowest BCUT2D eigenvalue weighted by atomic mass is 10.2. The van der Waals surface area contributed by atoms with Crippen LogP contribution in [0.25, 0.3) is 16.6 Å². The van der Waals surface area contributed by atoms with E-state index in [0.29, 0.717) is 5.02 Å². The maximum atomic E-state index is 6.03. The molecule has 0 saturated heterocycles. The summed E-state index contributed by atoms with van der Waals surface area (Å²) in [5, 5.41) is 12.7. The summed E-state index contributed by atoms with van der Waals surface area (Å²) >= 11 is 6.03. The number of aromatic nitrogens is 4. The van der Waals surface area contributed by atoms with Crippen molar-refractivity contribution in [3.63, 3.8) is 0 Å². The quantitative estimate of drug-likeness (QED) is 0.682. The molecule has 1 N–H and O–H groups in total. The Morgan fingerprint density at radius 3 is 3.07 bits per heavy atom. The van der Waals surface area contributed by atoms with Crippen LogP contribution in [0, 0.1) is 0 Å². The first kappa shape index (κ1) is 8.49. The minimum Gasteiger partial charge on any atom is -0.276 e. The van der Waals surface area contributed by atoms with Crippen molar-refractivity contribution in [2.45, 2.75) is 0 Å². The smallest absolute Gasteiger partial charge is 0.0858 e. The molecule has 5 heteroatoms. The molecule has 2 heterocycles. The Bertz CT molecular complexity index is 597. The summed E-state index contributed by atoms with van der Waals surface area (Å²) in [5.41, 5.74) is 1.80. The van der Waals surface area contributed by atoms with E-state index in [9.17, 15) is 0 Å². The van der Waals surface area contributed by atoms with E-state index in [2.05, 4.69) is 15.3 Å². The second kappa shape index (κ2) is 3.10. The molecule has 15 heavy (non-hydrogen) atoms. The van der Waals surface area contributed by atoms with Crippen molar-refractivity contribution in [3.05, 3.63) is 41.8 Å². The average molecular weight is 219 g/mol. The third-order valence-electron chi connectivity index (χ3n) is 2.29. The van der Waals surface area contributed by atoms with E-state index in [1.54, 1.807) is 17.1 Å². The van der Waals surface area contributed by atoms with E-state index in [4.69, 9.17) is 11.6 Å². The lowest BCUT2D eigenvalue weighted by Gasteiger charge is -2.03. The van der Waals surface area contributed by atoms with Crippen LogP contribution in [0.5, 0.6) is 0 Å². The SMILES string of the molecule is Clc1ccc(-n2cccn2)c2cn[nH]c12. The zero-order valence-corrected chi connectivity index (χ0v) is 8.44. The number of halogens is 1. The van der Waals surface area contributed by atoms with Gasteiger partial charge in [-0.1, -0.05) is 11.6 Å². The van der Waals surface area contributed by atoms with Gasteiger partial charge in [-0.15, -0.1) is 0 Å². The van der Waals surface area contributed by atoms with E-state index in [1.165, 1.54) is 0 Å². The molecule has 0 bridgehead atoms. The Morgan fingerprint density at radius 2 is 2.27 bits per heavy atom. The van der Waals surface area contributed by atoms with E-state index in [0.717, 1.165) is 16.6 Å². The number of rotatable bonds is 1. The molecule has 0 fully saturated rings. The second-order valence-electron chi connectivity index (χ2n) is 3.18. The van der Waals surface area contributed by atoms with Gasteiger partial charge in [-0.2, -0.15) is 10.2 Å². The van der Waals surface area contributed by atoms with E-state index in [1.807, 2.05) is 24.4 Å². The van der Waals surface area contributed by atoms with Crippen molar-refractivity contribution in [1.82, 2.24) is 20.0 Å². The monoisotopic (exact) mass is 218 g/mol. The van der Waals surface area contributed by atoms with Gasteiger partial charge >= 0.3 is 0 Å². The van der Waals surface area contributed by atoms with Crippen LogP contribution in [0.15, 0.2) is 36.8 Å². The van der Waals surface area contributed by atoms with Crippen molar-refractivity contribution in [2.75, 3.05) is 0 Å². The van der Waals surface area contributed by atoms with Crippen LogP contribution in [-0.4, -0.2) is 20.0 Å². The highest BCUT2D eigenvalue weighted by atomic mass is 35.5. The van der Waals surface area contributed by atoms with Gasteiger partial charge in [-0.25, -0.2) is 4.68 Å². The summed E-state index contributed by atoms with van der Waals surface area (Å²) < 4.78 is 1.79. The van der Waals surface area contributed by atoms with E-state index < -0.39 is 0 Å². The minimum absolute atomic E-state index is 0.665. The minimum atomic E-state index is 0.665. The molecular formula is C10H7ClN4. The molecule has 0 radical (unpaired) electrons. The number of nitrogens with zero attached hydrogens (tertiary/aromatic N) is 3. The molecule has 0 atom stereocenters. The number of hydrogen-bond acceptors (Lipinski definition) is 2. The van der Waals surface area contributed by atoms with Gasteiger partial charge in [0.15, 0.2) is 0 Å². The van der Waals surface area contributed by atoms with Crippen LogP contribution in [0.4, 0.5) is 0 Å². The number of nitrogens with one attached hydrogen (secondary N) is 1. The summed E-state index contributed by atoms with van der Waals surface area (Å²) in [7, 11) is 0. The Labute approximate surface area is 90.5 Å². The molecule has 0 amide bonds. The van der Waals surface area contributed by atoms with E-state index in [-0.39, 0.29) is 0 Å². The molecule has 0 aliphatic carbocycles. The van der Waals surface area contributed by atoms with Gasteiger partial charge < -0.3 is 0 Å². The van der Waals surface area contributed by atoms with Crippen LogP contribution in [0.2, 0.25) is 5.02 Å². The van der Waals surface area contributed by atoms with Crippen LogP contribution in [0.3, 0.4) is 0 Å². The number of fused-ring (bicyclic) bond motifs is 1. The predicted molar refractivity (Wildman–Crippen MR) is 58.2 cm³/mol. The van der Waals surface area contributed by atoms with Crippen molar-refractivity contribution >= 4 is 22.5 Å². The maximum Gasteiger partial charge on any atom is 0.0858 e. The van der Waals surface area contributed by atoms with Gasteiger partial charge in [0.05, 0.1) is 22.4 Å². The lowest BCUT2D eigenvalue weighted by Crippen LogP contribution is -1.94. The van der Waals surface area contributed by atoms with Gasteiger partial charge in [0.25, 0.3) is 0 Å². The molecule has 2 aromatic heterocycles. The van der Waals surface area contributed by atoms with Gasteiger partial charge in [-0.05, 0) is 18.2 Å². The molecule has 3 aromatic rings. The van der Waals surface area contributed by atoms with Crippen molar-refractivity contribution in [1.29, 1.82) is 0 Å². The third-order valence-corrected chi connectivity index (χ3v) is 2.61. The summed E-state index contributed by atoms with van der Waals surface area (Å²) in [4.78, 5) is 0. The molecule has 0 unspecified atom stereocenters. The number of aromatic amines is 1. The Hall–Kier alpha value is -1.81. The Kier molecular flexibility index (Phi) is 1.76. The first-order chi connectivity index (χ1) is 7.36. The van der Waals surface area contributed by atoms with Crippen LogP contribution < -0.4 is 0 Å². The summed E-state index contributed by atoms with van der Waals surface area (Å²) in [6.45, 7) is 0. The number of hydrogen-bond donors (Lipinski definition) is 1. The Balaban J connectivity index is 2.37. The lowest BCUT2D eigenvalue weighted by molar-refractivity contribution is 0.888. The molecule has 74 valence electrons. The average Bonchev–Trinajstić information content (AvgIpc) is 2.88. The third kappa shape index (κ3) is 1.22. The highest BCUT2D eigenvalue weighted by molar-refractivity contribution is 6.35. The molecule has 4 nitrogen and oxygen atoms in total. The highest BCUT2D eigenvalue weighted by Crippen LogP contribution is 2.26. The number of H-pyrrole nitrogens is 1. The normalized spacial score (nSPS) is 11.0. The highest BCUT2D eigenvalue weighted by Gasteiger charge is 2.07. The molecule has 0 saturated carbocycles. The van der Waals surface area contributed by atoms with Crippen molar-refractivity contribution in [3.8, 4) is 5.69 Å². The zero-order valence-electron chi connectivity index (χ0n) is 7.68. The fourth-order valence-corrected chi connectivity index (χ4v) is 1.81. The van der Waals surface area contributed by atoms with Gasteiger partial charge in [-0.3, -0.25) is 5.10 Å². The van der Waals surface area contributed by atoms with Gasteiger partial charge in [0.2, 0.25) is 0 Å². The van der Waals surface area contributed by atoms with Gasteiger partial charge in [0.1, 0.15) is 0 Å². The molecular weight excluding hydrogens is 212 g/mol. The topological polar surface area (TPSA) is 46.5 Å². The standard InChI is InChI=1S/C10H7ClN4/c11-8-2-3-9(15-5-1-4-13-15)7-6-12-14-10(7)8/h1-6H,(H,12,14). The molecule has 0 spiro atoms. The first-order valence-electron chi connectivity index (χ1n) is 4.48. The van der Waals surface area contributed by atoms with Crippen molar-refractivity contribution < 1.29 is 0 Å². The fraction of sp³-hybridized carbons (Fsp3) is 0. The predicted octanol–water partition coefficient (Wildman–Crippen LogP) is 2.40.